The van der Waals surface area contributed by atoms with Gasteiger partial charge in [-0.25, -0.2) is 4.98 Å². The van der Waals surface area contributed by atoms with Crippen LogP contribution in [0.15, 0.2) is 35.7 Å². The molecule has 1 heterocycles. The minimum Gasteiger partial charge on any atom is -0.492 e. The summed E-state index contributed by atoms with van der Waals surface area (Å²) in [6, 6.07) is 9.64. The lowest BCUT2D eigenvalue weighted by molar-refractivity contribution is -0.117. The number of aryl methyl sites for hydroxylation is 1. The molecular weight excluding hydrogens is 286 g/mol. The number of amides is 1. The quantitative estimate of drug-likeness (QED) is 0.853. The normalized spacial score (nSPS) is 10.6. The van der Waals surface area contributed by atoms with E-state index in [1.807, 2.05) is 54.6 Å². The van der Waals surface area contributed by atoms with Gasteiger partial charge < -0.3 is 10.1 Å². The van der Waals surface area contributed by atoms with E-state index in [0.29, 0.717) is 24.8 Å². The van der Waals surface area contributed by atoms with Crippen molar-refractivity contribution in [1.82, 2.24) is 9.88 Å². The van der Waals surface area contributed by atoms with Crippen LogP contribution >= 0.6 is 11.3 Å². The van der Waals surface area contributed by atoms with Crippen molar-refractivity contribution in [2.45, 2.75) is 6.92 Å². The minimum atomic E-state index is -0.0634. The Morgan fingerprint density at radius 2 is 2.14 bits per heavy atom. The lowest BCUT2D eigenvalue weighted by Gasteiger charge is -2.16. The second-order valence-electron chi connectivity index (χ2n) is 4.74. The SMILES string of the molecule is Cc1csc(NC(=O)CN(C)CCOc2ccccc2)n1. The fourth-order valence-corrected chi connectivity index (χ4v) is 2.43. The number of anilines is 1. The molecule has 1 aromatic heterocycles. The highest BCUT2D eigenvalue weighted by molar-refractivity contribution is 7.13. The van der Waals surface area contributed by atoms with Gasteiger partial charge in [-0.3, -0.25) is 9.69 Å². The minimum absolute atomic E-state index is 0.0634. The Bertz CT molecular complexity index is 571. The Balaban J connectivity index is 1.67. The van der Waals surface area contributed by atoms with Crippen molar-refractivity contribution in [1.29, 1.82) is 0 Å². The van der Waals surface area contributed by atoms with Crippen molar-refractivity contribution < 1.29 is 9.53 Å². The van der Waals surface area contributed by atoms with Crippen molar-refractivity contribution in [2.24, 2.45) is 0 Å². The van der Waals surface area contributed by atoms with E-state index in [2.05, 4.69) is 10.3 Å². The van der Waals surface area contributed by atoms with Crippen LogP contribution in [0.25, 0.3) is 0 Å². The molecule has 0 fully saturated rings. The molecule has 1 aromatic carbocycles. The molecular formula is C15H19N3O2S. The van der Waals surface area contributed by atoms with Crippen LogP contribution in [0, 0.1) is 6.92 Å². The van der Waals surface area contributed by atoms with Gasteiger partial charge in [-0.15, -0.1) is 11.3 Å². The molecule has 2 rings (SSSR count). The number of hydrogen-bond donors (Lipinski definition) is 1. The first kappa shape index (κ1) is 15.5. The van der Waals surface area contributed by atoms with Crippen LogP contribution in [0.5, 0.6) is 5.75 Å². The predicted molar refractivity (Wildman–Crippen MR) is 84.9 cm³/mol. The number of thiazole rings is 1. The van der Waals surface area contributed by atoms with E-state index in [1.165, 1.54) is 11.3 Å². The Kier molecular flexibility index (Phi) is 5.71. The standard InChI is InChI=1S/C15H19N3O2S/c1-12-11-21-15(16-12)17-14(19)10-18(2)8-9-20-13-6-4-3-5-7-13/h3-7,11H,8-10H2,1-2H3,(H,16,17,19). The number of carbonyl (C=O) groups excluding carboxylic acids is 1. The van der Waals surface area contributed by atoms with Gasteiger partial charge >= 0.3 is 0 Å². The number of para-hydroxylation sites is 1. The summed E-state index contributed by atoms with van der Waals surface area (Å²) in [5.74, 6) is 0.778. The van der Waals surface area contributed by atoms with Crippen molar-refractivity contribution in [3.8, 4) is 5.75 Å². The van der Waals surface area contributed by atoms with Gasteiger partial charge in [0.15, 0.2) is 5.13 Å². The lowest BCUT2D eigenvalue weighted by atomic mass is 10.3. The van der Waals surface area contributed by atoms with E-state index in [0.717, 1.165) is 11.4 Å². The van der Waals surface area contributed by atoms with Crippen LogP contribution < -0.4 is 10.1 Å². The van der Waals surface area contributed by atoms with Gasteiger partial charge in [0.1, 0.15) is 12.4 Å². The van der Waals surface area contributed by atoms with Crippen LogP contribution in [0.4, 0.5) is 5.13 Å². The summed E-state index contributed by atoms with van der Waals surface area (Å²) in [5, 5.41) is 5.34. The number of likely N-dealkylation sites (N-methyl/N-ethyl adjacent to an activating group) is 1. The Morgan fingerprint density at radius 1 is 1.38 bits per heavy atom. The second-order valence-corrected chi connectivity index (χ2v) is 5.60. The van der Waals surface area contributed by atoms with E-state index in [1.54, 1.807) is 0 Å². The third-order valence-electron chi connectivity index (χ3n) is 2.76. The van der Waals surface area contributed by atoms with E-state index in [-0.39, 0.29) is 5.91 Å². The fourth-order valence-electron chi connectivity index (χ4n) is 1.73. The Morgan fingerprint density at radius 3 is 2.81 bits per heavy atom. The predicted octanol–water partition coefficient (Wildman–Crippen LogP) is 2.40. The maximum atomic E-state index is 11.8. The molecule has 0 saturated carbocycles. The molecule has 21 heavy (non-hydrogen) atoms. The molecule has 0 unspecified atom stereocenters. The zero-order valence-electron chi connectivity index (χ0n) is 12.2. The third kappa shape index (κ3) is 5.53. The Labute approximate surface area is 128 Å². The smallest absolute Gasteiger partial charge is 0.240 e. The number of aromatic nitrogens is 1. The molecule has 112 valence electrons. The summed E-state index contributed by atoms with van der Waals surface area (Å²) in [6.45, 7) is 3.44. The monoisotopic (exact) mass is 305 g/mol. The summed E-state index contributed by atoms with van der Waals surface area (Å²) in [4.78, 5) is 18.0. The summed E-state index contributed by atoms with van der Waals surface area (Å²) >= 11 is 1.43. The van der Waals surface area contributed by atoms with Crippen molar-refractivity contribution in [3.05, 3.63) is 41.4 Å². The highest BCUT2D eigenvalue weighted by Gasteiger charge is 2.08. The molecule has 1 amide bonds. The third-order valence-corrected chi connectivity index (χ3v) is 3.64. The molecule has 0 aliphatic carbocycles. The average Bonchev–Trinajstić information content (AvgIpc) is 2.85. The van der Waals surface area contributed by atoms with E-state index < -0.39 is 0 Å². The molecule has 0 radical (unpaired) electrons. The second kappa shape index (κ2) is 7.75. The first-order chi connectivity index (χ1) is 10.1. The molecule has 2 aromatic rings. The lowest BCUT2D eigenvalue weighted by Crippen LogP contribution is -2.33. The maximum absolute atomic E-state index is 11.8. The number of carbonyl (C=O) groups is 1. The first-order valence-electron chi connectivity index (χ1n) is 6.72. The molecule has 0 saturated heterocycles. The van der Waals surface area contributed by atoms with Crippen molar-refractivity contribution in [3.63, 3.8) is 0 Å². The topological polar surface area (TPSA) is 54.5 Å². The van der Waals surface area contributed by atoms with E-state index >= 15 is 0 Å². The van der Waals surface area contributed by atoms with Crippen LogP contribution in [-0.4, -0.2) is 42.5 Å². The summed E-state index contributed by atoms with van der Waals surface area (Å²) < 4.78 is 5.60. The number of benzene rings is 1. The first-order valence-corrected chi connectivity index (χ1v) is 7.60. The number of ether oxygens (including phenoxy) is 1. The number of nitrogens with one attached hydrogen (secondary N) is 1. The van der Waals surface area contributed by atoms with E-state index in [9.17, 15) is 4.79 Å². The molecule has 0 spiro atoms. The molecule has 0 bridgehead atoms. The zero-order chi connectivity index (χ0) is 15.1. The van der Waals surface area contributed by atoms with Gasteiger partial charge in [0.2, 0.25) is 5.91 Å². The summed E-state index contributed by atoms with van der Waals surface area (Å²) in [5.41, 5.74) is 0.917. The van der Waals surface area contributed by atoms with Gasteiger partial charge in [-0.2, -0.15) is 0 Å². The molecule has 6 heteroatoms. The zero-order valence-corrected chi connectivity index (χ0v) is 13.0. The molecule has 0 aliphatic rings. The van der Waals surface area contributed by atoms with Crippen molar-refractivity contribution >= 4 is 22.4 Å². The van der Waals surface area contributed by atoms with Crippen LogP contribution in [0.2, 0.25) is 0 Å². The van der Waals surface area contributed by atoms with Crippen LogP contribution in [-0.2, 0) is 4.79 Å². The van der Waals surface area contributed by atoms with E-state index in [4.69, 9.17) is 4.74 Å². The molecule has 0 aliphatic heterocycles. The largest absolute Gasteiger partial charge is 0.492 e. The number of rotatable bonds is 7. The van der Waals surface area contributed by atoms with Crippen LogP contribution in [0.3, 0.4) is 0 Å². The highest BCUT2D eigenvalue weighted by atomic mass is 32.1. The van der Waals surface area contributed by atoms with Gasteiger partial charge in [-0.1, -0.05) is 18.2 Å². The summed E-state index contributed by atoms with van der Waals surface area (Å²) in [6.07, 6.45) is 0. The number of nitrogens with zero attached hydrogens (tertiary/aromatic N) is 2. The molecule has 0 atom stereocenters. The fraction of sp³-hybridized carbons (Fsp3) is 0.333. The van der Waals surface area contributed by atoms with Gasteiger partial charge in [0, 0.05) is 11.9 Å². The molecule has 1 N–H and O–H groups in total. The van der Waals surface area contributed by atoms with Gasteiger partial charge in [0.25, 0.3) is 0 Å². The van der Waals surface area contributed by atoms with Crippen LogP contribution in [0.1, 0.15) is 5.69 Å². The number of hydrogen-bond acceptors (Lipinski definition) is 5. The van der Waals surface area contributed by atoms with Gasteiger partial charge in [-0.05, 0) is 26.1 Å². The summed E-state index contributed by atoms with van der Waals surface area (Å²) in [7, 11) is 1.89. The maximum Gasteiger partial charge on any atom is 0.240 e. The average molecular weight is 305 g/mol. The highest BCUT2D eigenvalue weighted by Crippen LogP contribution is 2.14. The van der Waals surface area contributed by atoms with Crippen molar-refractivity contribution in [2.75, 3.05) is 32.1 Å². The Hall–Kier alpha value is -1.92. The molecule has 5 nitrogen and oxygen atoms in total. The van der Waals surface area contributed by atoms with Gasteiger partial charge in [0.05, 0.1) is 12.2 Å².